The van der Waals surface area contributed by atoms with Crippen molar-refractivity contribution in [1.82, 2.24) is 19.5 Å². The van der Waals surface area contributed by atoms with E-state index < -0.39 is 22.1 Å². The number of amides is 1. The average Bonchev–Trinajstić information content (AvgIpc) is 3.39. The Bertz CT molecular complexity index is 2050. The molecule has 5 aromatic rings. The summed E-state index contributed by atoms with van der Waals surface area (Å²) in [7, 11) is -4.10. The molecule has 0 saturated heterocycles. The Balaban J connectivity index is 1.20. The molecule has 0 atom stereocenters. The topological polar surface area (TPSA) is 109 Å². The number of benzene rings is 3. The fraction of sp³-hybridized carbons (Fsp3) is 0.167. The van der Waals surface area contributed by atoms with Gasteiger partial charge in [-0.3, -0.25) is 9.52 Å². The number of hydrogen-bond acceptors (Lipinski definition) is 6. The highest BCUT2D eigenvalue weighted by Crippen LogP contribution is 2.31. The lowest BCUT2D eigenvalue weighted by Gasteiger charge is -2.29. The van der Waals surface area contributed by atoms with Crippen molar-refractivity contribution in [3.05, 3.63) is 105 Å². The number of carbonyl (C=O) groups is 1. The van der Waals surface area contributed by atoms with Gasteiger partial charge in [-0.05, 0) is 69.4 Å². The van der Waals surface area contributed by atoms with Gasteiger partial charge in [0.25, 0.3) is 10.0 Å². The van der Waals surface area contributed by atoms with Gasteiger partial charge in [-0.2, -0.15) is 22.8 Å². The third-order valence-corrected chi connectivity index (χ3v) is 9.53. The van der Waals surface area contributed by atoms with Crippen LogP contribution in [0.3, 0.4) is 0 Å². The van der Waals surface area contributed by atoms with Crippen LogP contribution in [0.4, 0.5) is 24.7 Å². The molecule has 2 aromatic heterocycles. The first kappa shape index (κ1) is 30.9. The Morgan fingerprint density at radius 2 is 1.82 bits per heavy atom. The summed E-state index contributed by atoms with van der Waals surface area (Å²) < 4.78 is 70.3. The van der Waals surface area contributed by atoms with Crippen LogP contribution in [-0.2, 0) is 34.3 Å². The number of sulfonamides is 1. The highest BCUT2D eigenvalue weighted by atomic mass is 79.9. The van der Waals surface area contributed by atoms with Gasteiger partial charge >= 0.3 is 12.1 Å². The Hall–Kier alpha value is -4.14. The predicted molar refractivity (Wildman–Crippen MR) is 167 cm³/mol. The van der Waals surface area contributed by atoms with Gasteiger partial charge in [-0.1, -0.05) is 48.0 Å². The summed E-state index contributed by atoms with van der Waals surface area (Å²) in [6.45, 7) is -0.123. The van der Waals surface area contributed by atoms with Gasteiger partial charge in [-0.15, -0.1) is 0 Å². The predicted octanol–water partition coefficient (Wildman–Crippen LogP) is 6.67. The van der Waals surface area contributed by atoms with Crippen LogP contribution >= 0.6 is 27.5 Å². The van der Waals surface area contributed by atoms with Crippen LogP contribution in [0.5, 0.6) is 0 Å². The molecule has 0 bridgehead atoms. The quantitative estimate of drug-likeness (QED) is 0.195. The second-order valence-corrected chi connectivity index (χ2v) is 13.2. The van der Waals surface area contributed by atoms with Crippen molar-refractivity contribution in [3.8, 4) is 11.3 Å². The van der Waals surface area contributed by atoms with Crippen LogP contribution in [-0.4, -0.2) is 46.5 Å². The maximum Gasteiger partial charge on any atom is 0.471 e. The maximum atomic E-state index is 13.3. The van der Waals surface area contributed by atoms with Crippen molar-refractivity contribution in [3.63, 3.8) is 0 Å². The van der Waals surface area contributed by atoms with Crippen molar-refractivity contribution in [2.75, 3.05) is 16.6 Å². The molecule has 0 unspecified atom stereocenters. The molecule has 3 heterocycles. The van der Waals surface area contributed by atoms with Crippen LogP contribution in [0, 0.1) is 0 Å². The molecular formula is C30H23BrClF3N6O3S. The van der Waals surface area contributed by atoms with Crippen molar-refractivity contribution in [2.45, 2.75) is 30.6 Å². The van der Waals surface area contributed by atoms with Crippen molar-refractivity contribution >= 4 is 60.6 Å². The standard InChI is InChI=1S/C30H23BrClF3N6O3S/c31-24-16-37-41-27(14-26(38-28(24)41)23-6-1-2-7-25(23)32)36-15-18-4-3-5-21(12-18)39-45(43,44)22-9-8-19-10-11-40(17-20(19)13-22)29(42)30(33,34)35/h1-9,12-14,16,36,39H,10-11,15,17H2. The molecule has 0 spiro atoms. The Labute approximate surface area is 269 Å². The number of fused-ring (bicyclic) bond motifs is 2. The number of nitrogens with one attached hydrogen (secondary N) is 2. The molecule has 0 saturated carbocycles. The van der Waals surface area contributed by atoms with Crippen LogP contribution in [0.25, 0.3) is 16.9 Å². The minimum atomic E-state index is -5.00. The number of carbonyl (C=O) groups excluding carboxylic acids is 1. The van der Waals surface area contributed by atoms with Gasteiger partial charge in [0.05, 0.1) is 21.3 Å². The van der Waals surface area contributed by atoms with Gasteiger partial charge in [0, 0.05) is 42.0 Å². The van der Waals surface area contributed by atoms with Gasteiger partial charge in [-0.25, -0.2) is 13.4 Å². The highest BCUT2D eigenvalue weighted by Gasteiger charge is 2.43. The molecule has 232 valence electrons. The maximum absolute atomic E-state index is 13.3. The van der Waals surface area contributed by atoms with E-state index in [2.05, 4.69) is 31.1 Å². The summed E-state index contributed by atoms with van der Waals surface area (Å²) in [5, 5.41) is 8.26. The molecule has 45 heavy (non-hydrogen) atoms. The smallest absolute Gasteiger partial charge is 0.366 e. The van der Waals surface area contributed by atoms with Gasteiger partial charge in [0.2, 0.25) is 0 Å². The third-order valence-electron chi connectivity index (χ3n) is 7.26. The van der Waals surface area contributed by atoms with Crippen LogP contribution in [0.1, 0.15) is 16.7 Å². The van der Waals surface area contributed by atoms with E-state index in [9.17, 15) is 26.4 Å². The SMILES string of the molecule is O=C(N1CCc2ccc(S(=O)(=O)Nc3cccc(CNc4cc(-c5ccccc5Cl)nc5c(Br)cnn45)c3)cc2C1)C(F)(F)F. The summed E-state index contributed by atoms with van der Waals surface area (Å²) in [6, 6.07) is 20.2. The molecule has 1 aliphatic rings. The molecule has 3 aromatic carbocycles. The molecule has 2 N–H and O–H groups in total. The number of anilines is 2. The number of alkyl halides is 3. The first-order valence-electron chi connectivity index (χ1n) is 13.5. The van der Waals surface area contributed by atoms with Crippen LogP contribution in [0.15, 0.2) is 88.4 Å². The summed E-state index contributed by atoms with van der Waals surface area (Å²) in [5.41, 5.74) is 4.04. The van der Waals surface area contributed by atoms with E-state index in [1.165, 1.54) is 12.1 Å². The third kappa shape index (κ3) is 6.49. The molecule has 0 fully saturated rings. The van der Waals surface area contributed by atoms with Gasteiger partial charge in [0.15, 0.2) is 5.65 Å². The second kappa shape index (κ2) is 12.0. The number of aromatic nitrogens is 3. The summed E-state index contributed by atoms with van der Waals surface area (Å²) in [5.74, 6) is -1.32. The van der Waals surface area contributed by atoms with E-state index in [1.54, 1.807) is 41.0 Å². The molecule has 9 nitrogen and oxygen atoms in total. The van der Waals surface area contributed by atoms with E-state index in [-0.39, 0.29) is 24.4 Å². The molecule has 6 rings (SSSR count). The van der Waals surface area contributed by atoms with Crippen molar-refractivity contribution < 1.29 is 26.4 Å². The molecule has 0 aliphatic carbocycles. The van der Waals surface area contributed by atoms with Crippen LogP contribution in [0.2, 0.25) is 5.02 Å². The fourth-order valence-electron chi connectivity index (χ4n) is 5.07. The normalized spacial score (nSPS) is 13.5. The highest BCUT2D eigenvalue weighted by molar-refractivity contribution is 9.10. The minimum Gasteiger partial charge on any atom is -0.366 e. The van der Waals surface area contributed by atoms with Gasteiger partial charge in [0.1, 0.15) is 5.82 Å². The first-order chi connectivity index (χ1) is 21.4. The summed E-state index contributed by atoms with van der Waals surface area (Å²) in [6.07, 6.45) is -3.18. The Morgan fingerprint density at radius 1 is 1.02 bits per heavy atom. The summed E-state index contributed by atoms with van der Waals surface area (Å²) in [4.78, 5) is 17.0. The fourth-order valence-corrected chi connectivity index (χ4v) is 6.75. The van der Waals surface area contributed by atoms with E-state index in [0.29, 0.717) is 54.9 Å². The molecular weight excluding hydrogens is 697 g/mol. The lowest BCUT2D eigenvalue weighted by molar-refractivity contribution is -0.186. The Morgan fingerprint density at radius 3 is 2.60 bits per heavy atom. The largest absolute Gasteiger partial charge is 0.471 e. The first-order valence-corrected chi connectivity index (χ1v) is 16.2. The second-order valence-electron chi connectivity index (χ2n) is 10.3. The van der Waals surface area contributed by atoms with Crippen LogP contribution < -0.4 is 10.0 Å². The Kier molecular flexibility index (Phi) is 8.22. The van der Waals surface area contributed by atoms with Crippen molar-refractivity contribution in [2.24, 2.45) is 0 Å². The van der Waals surface area contributed by atoms with Gasteiger partial charge < -0.3 is 10.2 Å². The summed E-state index contributed by atoms with van der Waals surface area (Å²) >= 11 is 9.91. The minimum absolute atomic E-state index is 0.0967. The number of halogens is 5. The zero-order valence-electron chi connectivity index (χ0n) is 23.1. The lowest BCUT2D eigenvalue weighted by Crippen LogP contribution is -2.43. The van der Waals surface area contributed by atoms with E-state index in [1.807, 2.05) is 30.3 Å². The van der Waals surface area contributed by atoms with E-state index in [4.69, 9.17) is 16.6 Å². The number of rotatable bonds is 7. The monoisotopic (exact) mass is 718 g/mol. The lowest BCUT2D eigenvalue weighted by atomic mass is 10.00. The van der Waals surface area contributed by atoms with E-state index >= 15 is 0 Å². The molecule has 0 radical (unpaired) electrons. The van der Waals surface area contributed by atoms with E-state index in [0.717, 1.165) is 11.1 Å². The zero-order chi connectivity index (χ0) is 31.9. The average molecular weight is 720 g/mol. The van der Waals surface area contributed by atoms with Crippen molar-refractivity contribution in [1.29, 1.82) is 0 Å². The number of nitrogens with zero attached hydrogens (tertiary/aromatic N) is 4. The molecule has 1 aliphatic heterocycles. The molecule has 1 amide bonds. The zero-order valence-corrected chi connectivity index (χ0v) is 26.3. The molecule has 15 heteroatoms. The number of hydrogen-bond donors (Lipinski definition) is 2.